The molecule has 23 heteroatoms. The summed E-state index contributed by atoms with van der Waals surface area (Å²) in [6.45, 7) is 11.0. The topological polar surface area (TPSA) is 68.6 Å². The second-order valence-electron chi connectivity index (χ2n) is 15.9. The van der Waals surface area contributed by atoms with Crippen LogP contribution in [-0.4, -0.2) is 25.7 Å². The van der Waals surface area contributed by atoms with E-state index in [0.29, 0.717) is 0 Å². The number of halogens is 12. The van der Waals surface area contributed by atoms with Gasteiger partial charge in [0, 0.05) is 22.8 Å². The number of rotatable bonds is 6. The van der Waals surface area contributed by atoms with Crippen molar-refractivity contribution in [2.75, 3.05) is 0 Å². The minimum absolute atomic E-state index is 0. The van der Waals surface area contributed by atoms with E-state index in [1.807, 2.05) is 100 Å². The molecule has 8 rings (SSSR count). The van der Waals surface area contributed by atoms with E-state index in [1.54, 1.807) is 0 Å². The molecule has 4 heterocycles. The maximum absolute atomic E-state index is 10.7. The number of ketones is 1. The van der Waals surface area contributed by atoms with Gasteiger partial charge in [0.1, 0.15) is 54.2 Å². The summed E-state index contributed by atoms with van der Waals surface area (Å²) >= 11 is 0. The van der Waals surface area contributed by atoms with Crippen molar-refractivity contribution >= 4 is 58.5 Å². The molecule has 4 aromatic heterocycles. The zero-order valence-corrected chi connectivity index (χ0v) is 48.0. The van der Waals surface area contributed by atoms with Crippen LogP contribution in [0.15, 0.2) is 194 Å². The number of aryl methyl sites for hydroxylation is 4. The Bertz CT molecular complexity index is 2720. The largest absolute Gasteiger partial charge is 1.00 e. The fourth-order valence-corrected chi connectivity index (χ4v) is 10.3. The Labute approximate surface area is 467 Å². The number of benzene rings is 4. The molecule has 0 aliphatic carbocycles. The standard InChI is InChI=1S/C26H20P2.2C12H12N2.C3H6O.2Ag.2F6P/c1-5-13-23(14-6-1)27(24-15-7-2-8-16-24)21-22-28(25-17-9-3-10-18-25)26-19-11-4-12-20-26;2*1-9-5-3-7-11(13-9)12-8-4-6-10(2)14-12;1-3(2)4;;;2*1-7(2,3,4,5)6/h1-20H;2*3-8H,1-2H3;1-2H3;;;;/q;;;;2*+1;2*-1/p+2. The predicted molar refractivity (Wildman–Crippen MR) is 286 cm³/mol. The average molecular weight is 1330 g/mol. The molecule has 0 aliphatic rings. The molecule has 0 atom stereocenters. The zero-order chi connectivity index (χ0) is 55.3. The summed E-state index contributed by atoms with van der Waals surface area (Å²) in [5.74, 6) is 0.167. The molecule has 76 heavy (non-hydrogen) atoms. The molecule has 8 aromatic rings. The first-order valence-electron chi connectivity index (χ1n) is 21.9. The summed E-state index contributed by atoms with van der Waals surface area (Å²) in [7, 11) is -23.6. The molecule has 0 N–H and O–H groups in total. The number of Topliss-reactive ketones (excluding diaryl/α,β-unsaturated/α-hetero) is 1. The molecule has 414 valence electrons. The van der Waals surface area contributed by atoms with Crippen LogP contribution in [-0.2, 0) is 49.6 Å². The van der Waals surface area contributed by atoms with Gasteiger partial charge >= 0.3 is 111 Å². The van der Waals surface area contributed by atoms with Gasteiger partial charge in [0.15, 0.2) is 0 Å². The summed E-state index contributed by atoms with van der Waals surface area (Å²) < 4.78 is 118. The number of hydrogen-bond acceptors (Lipinski definition) is 5. The third-order valence-corrected chi connectivity index (χ3v) is 13.3. The van der Waals surface area contributed by atoms with Crippen molar-refractivity contribution in [1.29, 1.82) is 0 Å². The van der Waals surface area contributed by atoms with E-state index in [4.69, 9.17) is 0 Å². The molecule has 4 aromatic carbocycles. The molecule has 0 fully saturated rings. The van der Waals surface area contributed by atoms with E-state index in [-0.39, 0.29) is 50.5 Å². The van der Waals surface area contributed by atoms with Gasteiger partial charge in [-0.2, -0.15) is 0 Å². The van der Waals surface area contributed by atoms with Crippen molar-refractivity contribution in [3.63, 3.8) is 0 Å². The van der Waals surface area contributed by atoms with Gasteiger partial charge < -0.3 is 4.79 Å². The Balaban J connectivity index is 0.000000511. The van der Waals surface area contributed by atoms with Gasteiger partial charge in [-0.25, -0.2) is 0 Å². The summed E-state index contributed by atoms with van der Waals surface area (Å²) in [4.78, 5) is 27.1. The van der Waals surface area contributed by atoms with Crippen LogP contribution in [0.1, 0.15) is 36.6 Å². The van der Waals surface area contributed by atoms with Gasteiger partial charge in [-0.3, -0.25) is 19.9 Å². The van der Waals surface area contributed by atoms with E-state index in [2.05, 4.69) is 153 Å². The van der Waals surface area contributed by atoms with E-state index in [9.17, 15) is 55.2 Å². The van der Waals surface area contributed by atoms with Crippen LogP contribution >= 0.6 is 31.5 Å². The van der Waals surface area contributed by atoms with Crippen molar-refractivity contribution in [3.05, 3.63) is 217 Å². The van der Waals surface area contributed by atoms with E-state index >= 15 is 0 Å². The number of aromatic nitrogens is 4. The van der Waals surface area contributed by atoms with Gasteiger partial charge in [0.05, 0.1) is 22.8 Å². The van der Waals surface area contributed by atoms with Crippen LogP contribution in [0.2, 0.25) is 0 Å². The van der Waals surface area contributed by atoms with Gasteiger partial charge in [-0.15, -0.1) is 0 Å². The third-order valence-electron chi connectivity index (χ3n) is 8.64. The van der Waals surface area contributed by atoms with Crippen LogP contribution in [0.3, 0.4) is 0 Å². The van der Waals surface area contributed by atoms with Crippen LogP contribution < -0.4 is 21.2 Å². The van der Waals surface area contributed by atoms with Gasteiger partial charge in [0.25, 0.3) is 0 Å². The molecular formula is C53H52Ag2F12N4OP4+2. The molecule has 0 spiro atoms. The fourth-order valence-electron chi connectivity index (χ4n) is 5.91. The minimum atomic E-state index is -10.7. The van der Waals surface area contributed by atoms with E-state index < -0.39 is 31.5 Å². The maximum atomic E-state index is 9.87. The smallest absolute Gasteiger partial charge is 1.00 e. The Morgan fingerprint density at radius 2 is 0.487 bits per heavy atom. The normalized spacial score (nSPS) is 12.2. The molecule has 0 saturated heterocycles. The molecule has 0 unspecified atom stereocenters. The fraction of sp³-hybridized carbons (Fsp3) is 0.113. The van der Waals surface area contributed by atoms with Crippen molar-refractivity contribution in [3.8, 4) is 34.1 Å². The Morgan fingerprint density at radius 1 is 0.329 bits per heavy atom. The van der Waals surface area contributed by atoms with Crippen molar-refractivity contribution in [1.82, 2.24) is 19.9 Å². The van der Waals surface area contributed by atoms with Crippen LogP contribution in [0.25, 0.3) is 22.8 Å². The zero-order valence-electron chi connectivity index (χ0n) is 41.2. The first kappa shape index (κ1) is 69.1. The number of hydrogen-bond donors (Lipinski definition) is 0. The SMILES string of the molecule is C(#C[PH+](c1ccccc1)c1ccccc1)[PH+](c1ccccc1)c1ccccc1.CC(C)=O.Cc1cccc(-c2cccc(C)n2)n1.Cc1cccc(-c2cccc(C)n2)n1.F[P-](F)(F)(F)(F)F.F[P-](F)(F)(F)(F)F.[Ag+].[Ag+]. The van der Waals surface area contributed by atoms with Crippen LogP contribution in [0.5, 0.6) is 0 Å². The molecule has 0 radical (unpaired) electrons. The Morgan fingerprint density at radius 3 is 0.632 bits per heavy atom. The van der Waals surface area contributed by atoms with Crippen LogP contribution in [0, 0.1) is 39.0 Å². The average Bonchev–Trinajstić information content (AvgIpc) is 3.30. The third kappa shape index (κ3) is 34.7. The molecule has 0 aliphatic heterocycles. The molecule has 0 bridgehead atoms. The first-order valence-corrected chi connectivity index (χ1v) is 28.9. The summed E-state index contributed by atoms with van der Waals surface area (Å²) in [5.41, 5.74) is 15.3. The van der Waals surface area contributed by atoms with Crippen LogP contribution in [0.4, 0.5) is 50.4 Å². The number of carbonyl (C=O) groups excluding carboxylic acids is 1. The van der Waals surface area contributed by atoms with Crippen molar-refractivity contribution < 1.29 is 99.9 Å². The predicted octanol–water partition coefficient (Wildman–Crippen LogP) is 17.5. The molecular weight excluding hydrogens is 1280 g/mol. The minimum Gasteiger partial charge on any atom is 1.00 e. The van der Waals surface area contributed by atoms with Crippen molar-refractivity contribution in [2.24, 2.45) is 0 Å². The second-order valence-corrected chi connectivity index (χ2v) is 24.1. The van der Waals surface area contributed by atoms with Gasteiger partial charge in [-0.1, -0.05) is 97.1 Å². The number of carbonyl (C=O) groups is 1. The Kier molecular flexibility index (Phi) is 26.0. The van der Waals surface area contributed by atoms with Gasteiger partial charge in [0.2, 0.25) is 0 Å². The monoisotopic (exact) mass is 1330 g/mol. The van der Waals surface area contributed by atoms with Gasteiger partial charge in [-0.05, 0) is 139 Å². The Hall–Kier alpha value is -4.93. The van der Waals surface area contributed by atoms with E-state index in [0.717, 1.165) is 45.6 Å². The second kappa shape index (κ2) is 28.6. The molecule has 0 amide bonds. The maximum Gasteiger partial charge on any atom is 1.00 e. The molecule has 5 nitrogen and oxygen atoms in total. The summed E-state index contributed by atoms with van der Waals surface area (Å²) in [6.07, 6.45) is 0. The number of pyridine rings is 4. The van der Waals surface area contributed by atoms with E-state index in [1.165, 1.54) is 35.1 Å². The molecule has 0 saturated carbocycles. The first-order chi connectivity index (χ1) is 34.1. The summed E-state index contributed by atoms with van der Waals surface area (Å²) in [6, 6.07) is 66.8. The summed E-state index contributed by atoms with van der Waals surface area (Å²) in [5, 5.41) is 5.37. The number of nitrogens with zero attached hydrogens (tertiary/aromatic N) is 4. The quantitative estimate of drug-likeness (QED) is 0.0718. The van der Waals surface area contributed by atoms with Crippen molar-refractivity contribution in [2.45, 2.75) is 41.5 Å².